The molecule has 0 radical (unpaired) electrons. The number of hydrogen-bond acceptors (Lipinski definition) is 4. The summed E-state index contributed by atoms with van der Waals surface area (Å²) in [5, 5.41) is 0. The summed E-state index contributed by atoms with van der Waals surface area (Å²) in [6, 6.07) is 11.6. The van der Waals surface area contributed by atoms with Crippen molar-refractivity contribution in [2.45, 2.75) is 6.54 Å². The molecule has 0 aliphatic rings. The molecule has 0 aliphatic heterocycles. The van der Waals surface area contributed by atoms with Crippen molar-refractivity contribution in [1.82, 2.24) is 0 Å². The molecule has 4 nitrogen and oxygen atoms in total. The molecule has 2 aromatic rings. The number of aliphatic imine (C=N–C) groups is 1. The zero-order chi connectivity index (χ0) is 15.9. The van der Waals surface area contributed by atoms with Gasteiger partial charge in [0.1, 0.15) is 5.75 Å². The molecule has 0 unspecified atom stereocenters. The quantitative estimate of drug-likeness (QED) is 0.725. The zero-order valence-electron chi connectivity index (χ0n) is 12.8. The monoisotopic (exact) mass is 363 g/mol. The van der Waals surface area contributed by atoms with Gasteiger partial charge in [0.05, 0.1) is 27.9 Å². The normalized spacial score (nSPS) is 10.7. The Kier molecular flexibility index (Phi) is 5.83. The number of halogens is 1. The molecule has 0 spiro atoms. The van der Waals surface area contributed by atoms with Crippen LogP contribution >= 0.6 is 15.9 Å². The fourth-order valence-corrected chi connectivity index (χ4v) is 2.37. The summed E-state index contributed by atoms with van der Waals surface area (Å²) in [7, 11) is 4.88. The molecule has 22 heavy (non-hydrogen) atoms. The first-order valence-electron chi connectivity index (χ1n) is 6.72. The van der Waals surface area contributed by atoms with Crippen molar-refractivity contribution in [3.8, 4) is 17.2 Å². The molecule has 0 amide bonds. The van der Waals surface area contributed by atoms with E-state index in [1.54, 1.807) is 21.3 Å². The highest BCUT2D eigenvalue weighted by atomic mass is 79.9. The largest absolute Gasteiger partial charge is 0.497 e. The predicted octanol–water partition coefficient (Wildman–Crippen LogP) is 4.09. The summed E-state index contributed by atoms with van der Waals surface area (Å²) >= 11 is 3.51. The molecule has 2 rings (SSSR count). The van der Waals surface area contributed by atoms with Gasteiger partial charge in [-0.05, 0) is 45.8 Å². The van der Waals surface area contributed by atoms with Crippen LogP contribution in [-0.2, 0) is 6.54 Å². The second kappa shape index (κ2) is 7.84. The van der Waals surface area contributed by atoms with Gasteiger partial charge < -0.3 is 14.2 Å². The lowest BCUT2D eigenvalue weighted by Crippen LogP contribution is -1.94. The summed E-state index contributed by atoms with van der Waals surface area (Å²) in [5.74, 6) is 2.20. The van der Waals surface area contributed by atoms with Gasteiger partial charge in [0.15, 0.2) is 11.5 Å². The second-order valence-corrected chi connectivity index (χ2v) is 5.40. The molecule has 0 saturated carbocycles. The van der Waals surface area contributed by atoms with Crippen molar-refractivity contribution < 1.29 is 14.2 Å². The van der Waals surface area contributed by atoms with Crippen LogP contribution in [0.2, 0.25) is 0 Å². The third-order valence-electron chi connectivity index (χ3n) is 3.17. The zero-order valence-corrected chi connectivity index (χ0v) is 14.4. The van der Waals surface area contributed by atoms with Crippen molar-refractivity contribution in [2.75, 3.05) is 21.3 Å². The molecular formula is C17H18BrNO3. The minimum atomic E-state index is 0.602. The van der Waals surface area contributed by atoms with Gasteiger partial charge >= 0.3 is 0 Å². The Bertz CT molecular complexity index is 654. The van der Waals surface area contributed by atoms with Gasteiger partial charge in [-0.3, -0.25) is 4.99 Å². The molecule has 0 fully saturated rings. The number of hydrogen-bond donors (Lipinski definition) is 0. The molecule has 0 atom stereocenters. The molecule has 116 valence electrons. The van der Waals surface area contributed by atoms with Crippen molar-refractivity contribution in [1.29, 1.82) is 0 Å². The Balaban J connectivity index is 2.12. The van der Waals surface area contributed by atoms with Crippen molar-refractivity contribution in [3.05, 3.63) is 52.0 Å². The van der Waals surface area contributed by atoms with E-state index in [9.17, 15) is 0 Å². The van der Waals surface area contributed by atoms with Crippen LogP contribution in [0.4, 0.5) is 0 Å². The van der Waals surface area contributed by atoms with E-state index < -0.39 is 0 Å². The fourth-order valence-electron chi connectivity index (χ4n) is 1.95. The average Bonchev–Trinajstić information content (AvgIpc) is 2.56. The van der Waals surface area contributed by atoms with Crippen molar-refractivity contribution >= 4 is 22.1 Å². The van der Waals surface area contributed by atoms with Gasteiger partial charge in [-0.15, -0.1) is 0 Å². The van der Waals surface area contributed by atoms with Crippen LogP contribution in [0.25, 0.3) is 0 Å². The summed E-state index contributed by atoms with van der Waals surface area (Å²) in [5.41, 5.74) is 2.06. The lowest BCUT2D eigenvalue weighted by molar-refractivity contribution is 0.354. The van der Waals surface area contributed by atoms with E-state index >= 15 is 0 Å². The lowest BCUT2D eigenvalue weighted by Gasteiger charge is -2.09. The average molecular weight is 364 g/mol. The molecule has 0 heterocycles. The van der Waals surface area contributed by atoms with E-state index in [1.165, 1.54) is 0 Å². The Hall–Kier alpha value is -2.01. The van der Waals surface area contributed by atoms with E-state index in [-0.39, 0.29) is 0 Å². The maximum absolute atomic E-state index is 5.30. The third-order valence-corrected chi connectivity index (χ3v) is 3.85. The maximum Gasteiger partial charge on any atom is 0.161 e. The molecular weight excluding hydrogens is 346 g/mol. The van der Waals surface area contributed by atoms with Crippen molar-refractivity contribution in [2.24, 2.45) is 4.99 Å². The van der Waals surface area contributed by atoms with E-state index in [2.05, 4.69) is 20.9 Å². The minimum absolute atomic E-state index is 0.602. The molecule has 0 saturated heterocycles. The van der Waals surface area contributed by atoms with E-state index in [1.807, 2.05) is 42.6 Å². The highest BCUT2D eigenvalue weighted by molar-refractivity contribution is 9.10. The van der Waals surface area contributed by atoms with Crippen LogP contribution < -0.4 is 14.2 Å². The molecule has 2 aromatic carbocycles. The first-order valence-corrected chi connectivity index (χ1v) is 7.51. The highest BCUT2D eigenvalue weighted by Crippen LogP contribution is 2.32. The Morgan fingerprint density at radius 1 is 0.955 bits per heavy atom. The van der Waals surface area contributed by atoms with E-state index in [0.29, 0.717) is 18.0 Å². The van der Waals surface area contributed by atoms with Gasteiger partial charge in [0.25, 0.3) is 0 Å². The smallest absolute Gasteiger partial charge is 0.161 e. The molecule has 0 bridgehead atoms. The third kappa shape index (κ3) is 4.01. The topological polar surface area (TPSA) is 40.0 Å². The van der Waals surface area contributed by atoms with Crippen LogP contribution in [0.1, 0.15) is 11.1 Å². The SMILES string of the molecule is COc1ccc(CN=Cc2cc(OC)c(OC)cc2Br)cc1. The van der Waals surface area contributed by atoms with Gasteiger partial charge in [-0.1, -0.05) is 12.1 Å². The van der Waals surface area contributed by atoms with Crippen LogP contribution in [0, 0.1) is 0 Å². The van der Waals surface area contributed by atoms with Crippen LogP contribution in [0.3, 0.4) is 0 Å². The number of rotatable bonds is 6. The summed E-state index contributed by atoms with van der Waals surface area (Å²) in [4.78, 5) is 4.47. The number of nitrogens with zero attached hydrogens (tertiary/aromatic N) is 1. The lowest BCUT2D eigenvalue weighted by atomic mass is 10.2. The Labute approximate surface area is 138 Å². The Morgan fingerprint density at radius 3 is 2.18 bits per heavy atom. The van der Waals surface area contributed by atoms with Crippen molar-refractivity contribution in [3.63, 3.8) is 0 Å². The minimum Gasteiger partial charge on any atom is -0.497 e. The van der Waals surface area contributed by atoms with Crippen LogP contribution in [-0.4, -0.2) is 27.5 Å². The summed E-state index contributed by atoms with van der Waals surface area (Å²) < 4.78 is 16.6. The first kappa shape index (κ1) is 16.4. The molecule has 5 heteroatoms. The van der Waals surface area contributed by atoms with Gasteiger partial charge in [-0.2, -0.15) is 0 Å². The Morgan fingerprint density at radius 2 is 1.59 bits per heavy atom. The summed E-state index contributed by atoms with van der Waals surface area (Å²) in [6.45, 7) is 0.602. The standard InChI is InChI=1S/C17H18BrNO3/c1-20-14-6-4-12(5-7-14)10-19-11-13-8-16(21-2)17(22-3)9-15(13)18/h4-9,11H,10H2,1-3H3. The number of methoxy groups -OCH3 is 3. The fraction of sp³-hybridized carbons (Fsp3) is 0.235. The molecule has 0 N–H and O–H groups in total. The number of benzene rings is 2. The van der Waals surface area contributed by atoms with Gasteiger partial charge in [0, 0.05) is 16.3 Å². The molecule has 0 aliphatic carbocycles. The van der Waals surface area contributed by atoms with E-state index in [4.69, 9.17) is 14.2 Å². The summed E-state index contributed by atoms with van der Waals surface area (Å²) in [6.07, 6.45) is 1.82. The van der Waals surface area contributed by atoms with Crippen LogP contribution in [0.15, 0.2) is 45.9 Å². The van der Waals surface area contributed by atoms with Gasteiger partial charge in [0.2, 0.25) is 0 Å². The van der Waals surface area contributed by atoms with Crippen LogP contribution in [0.5, 0.6) is 17.2 Å². The highest BCUT2D eigenvalue weighted by Gasteiger charge is 2.07. The van der Waals surface area contributed by atoms with Gasteiger partial charge in [-0.25, -0.2) is 0 Å². The second-order valence-electron chi connectivity index (χ2n) is 4.55. The van der Waals surface area contributed by atoms with E-state index in [0.717, 1.165) is 21.3 Å². The molecule has 0 aromatic heterocycles. The first-order chi connectivity index (χ1) is 10.7. The maximum atomic E-state index is 5.30. The predicted molar refractivity (Wildman–Crippen MR) is 91.5 cm³/mol. The number of ether oxygens (including phenoxy) is 3.